The van der Waals surface area contributed by atoms with Crippen LogP contribution in [0.3, 0.4) is 0 Å². The Hall–Kier alpha value is -0.156. The van der Waals surface area contributed by atoms with Gasteiger partial charge in [-0.3, -0.25) is 0 Å². The number of hydrogen-bond acceptors (Lipinski definition) is 1. The van der Waals surface area contributed by atoms with Gasteiger partial charge in [-0.25, -0.2) is 0 Å². The van der Waals surface area contributed by atoms with Gasteiger partial charge in [0.25, 0.3) is 0 Å². The molecule has 1 aliphatic rings. The summed E-state index contributed by atoms with van der Waals surface area (Å²) in [5.74, 6) is 0. The Morgan fingerprint density at radius 2 is 1.82 bits per heavy atom. The summed E-state index contributed by atoms with van der Waals surface area (Å²) in [6.07, 6.45) is 3.47. The quantitative estimate of drug-likeness (QED) is 0.580. The maximum Gasteiger partial charge on any atom is 0.366 e. The first-order valence-electron chi connectivity index (χ1n) is 4.00. The summed E-state index contributed by atoms with van der Waals surface area (Å²) in [6, 6.07) is 0. The minimum atomic E-state index is -0.288. The van der Waals surface area contributed by atoms with Gasteiger partial charge in [0.1, 0.15) is 0 Å². The van der Waals surface area contributed by atoms with Gasteiger partial charge in [0.15, 0.2) is 10.7 Å². The van der Waals surface area contributed by atoms with Gasteiger partial charge in [-0.2, -0.15) is 4.99 Å². The van der Waals surface area contributed by atoms with Crippen molar-refractivity contribution in [2.24, 2.45) is 4.99 Å². The van der Waals surface area contributed by atoms with Crippen molar-refractivity contribution in [1.29, 1.82) is 0 Å². The van der Waals surface area contributed by atoms with E-state index in [1.165, 1.54) is 10.7 Å². The van der Waals surface area contributed by atoms with Crippen LogP contribution in [0.4, 0.5) is 0 Å². The molecule has 0 bridgehead atoms. The molecule has 58 valence electrons. The molecule has 1 rings (SSSR count). The summed E-state index contributed by atoms with van der Waals surface area (Å²) >= 11 is 0. The molecule has 0 aromatic rings. The molecule has 0 amide bonds. The van der Waals surface area contributed by atoms with Gasteiger partial charge in [0, 0.05) is 6.42 Å². The molecule has 3 heteroatoms. The second kappa shape index (κ2) is 3.49. The fourth-order valence-corrected chi connectivity index (χ4v) is 2.90. The van der Waals surface area contributed by atoms with Crippen LogP contribution < -0.4 is 0 Å². The number of hydrogen-bond donors (Lipinski definition) is 0. The largest absolute Gasteiger partial charge is 0.366 e. The zero-order valence-electron chi connectivity index (χ0n) is 7.73. The van der Waals surface area contributed by atoms with Crippen LogP contribution in [-0.2, 0) is 0 Å². The van der Waals surface area contributed by atoms with E-state index in [0.717, 1.165) is 6.42 Å². The van der Waals surface area contributed by atoms with Crippen LogP contribution in [0.5, 0.6) is 0 Å². The molecule has 0 fully saturated rings. The highest BCUT2D eigenvalue weighted by Gasteiger charge is 2.30. The zero-order chi connectivity index (χ0) is 8.43. The summed E-state index contributed by atoms with van der Waals surface area (Å²) in [6.45, 7) is 9.25. The van der Waals surface area contributed by atoms with Crippen molar-refractivity contribution in [2.45, 2.75) is 32.6 Å². The lowest BCUT2D eigenvalue weighted by Crippen LogP contribution is -2.15. The van der Waals surface area contributed by atoms with Gasteiger partial charge in [0.05, 0.1) is 26.2 Å². The number of nitrogens with zero attached hydrogens (tertiary/aromatic N) is 1. The van der Waals surface area contributed by atoms with Crippen molar-refractivity contribution in [1.82, 2.24) is 0 Å². The molecular formula is C8H15NSi2+2. The molecule has 0 aromatic carbocycles. The van der Waals surface area contributed by atoms with E-state index in [1.54, 1.807) is 0 Å². The highest BCUT2D eigenvalue weighted by molar-refractivity contribution is 6.90. The van der Waals surface area contributed by atoms with E-state index >= 15 is 0 Å². The van der Waals surface area contributed by atoms with Crippen molar-refractivity contribution in [3.05, 3.63) is 11.4 Å². The van der Waals surface area contributed by atoms with E-state index in [-0.39, 0.29) is 17.6 Å². The third kappa shape index (κ3) is 2.13. The maximum atomic E-state index is 4.66. The summed E-state index contributed by atoms with van der Waals surface area (Å²) in [7, 11) is -0.552. The molecule has 1 nitrogen and oxygen atoms in total. The molecule has 1 aliphatic heterocycles. The molecular weight excluding hydrogens is 166 g/mol. The van der Waals surface area contributed by atoms with Crippen molar-refractivity contribution in [3.8, 4) is 0 Å². The van der Waals surface area contributed by atoms with Gasteiger partial charge >= 0.3 is 17.6 Å². The van der Waals surface area contributed by atoms with Crippen LogP contribution in [-0.4, -0.2) is 22.9 Å². The molecule has 0 aromatic heterocycles. The smallest absolute Gasteiger partial charge is 0.196 e. The van der Waals surface area contributed by atoms with Gasteiger partial charge in [-0.1, -0.05) is 0 Å². The Morgan fingerprint density at radius 3 is 2.09 bits per heavy atom. The monoisotopic (exact) mass is 181 g/mol. The maximum absolute atomic E-state index is 4.66. The molecule has 11 heavy (non-hydrogen) atoms. The third-order valence-corrected chi connectivity index (χ3v) is 4.64. The van der Waals surface area contributed by atoms with E-state index < -0.39 is 0 Å². The summed E-state index contributed by atoms with van der Waals surface area (Å²) in [5.41, 5.74) is 0. The topological polar surface area (TPSA) is 12.4 Å². The van der Waals surface area contributed by atoms with Crippen LogP contribution in [0.25, 0.3) is 0 Å². The lowest BCUT2D eigenvalue weighted by molar-refractivity contribution is 1.51. The molecule has 0 saturated heterocycles. The van der Waals surface area contributed by atoms with Gasteiger partial charge in [0.2, 0.25) is 0 Å². The minimum absolute atomic E-state index is 0.264. The highest BCUT2D eigenvalue weighted by Crippen LogP contribution is 2.14. The van der Waals surface area contributed by atoms with E-state index in [1.807, 2.05) is 0 Å². The Bertz CT molecular complexity index is 204. The molecule has 0 unspecified atom stereocenters. The van der Waals surface area contributed by atoms with Crippen molar-refractivity contribution < 1.29 is 0 Å². The summed E-state index contributed by atoms with van der Waals surface area (Å²) < 4.78 is 0. The van der Waals surface area contributed by atoms with Crippen LogP contribution in [0, 0.1) is 0 Å². The van der Waals surface area contributed by atoms with E-state index in [9.17, 15) is 0 Å². The Morgan fingerprint density at radius 1 is 1.18 bits per heavy atom. The number of allylic oxidation sites excluding steroid dienone is 1. The Balaban J connectivity index is 2.63. The summed E-state index contributed by atoms with van der Waals surface area (Å²) in [4.78, 5) is 4.66. The molecule has 0 saturated carbocycles. The molecule has 0 N–H and O–H groups in total. The van der Waals surface area contributed by atoms with Crippen LogP contribution in [0.1, 0.15) is 6.42 Å². The fourth-order valence-electron chi connectivity index (χ4n) is 1.06. The predicted octanol–water partition coefficient (Wildman–Crippen LogP) is 2.30. The van der Waals surface area contributed by atoms with Crippen LogP contribution >= 0.6 is 0 Å². The molecule has 1 heterocycles. The van der Waals surface area contributed by atoms with Crippen molar-refractivity contribution in [3.63, 3.8) is 0 Å². The average Bonchev–Trinajstić information content (AvgIpc) is 2.33. The zero-order valence-corrected chi connectivity index (χ0v) is 9.73. The molecule has 0 spiro atoms. The van der Waals surface area contributed by atoms with Crippen LogP contribution in [0.15, 0.2) is 16.4 Å². The standard InChI is InChI=1S/C8H15NSi2/c1-10(2)7-5-6-8(9-7)11(3)4/h5H,6H2,1-4H3/q+2. The second-order valence-corrected chi connectivity index (χ2v) is 8.44. The van der Waals surface area contributed by atoms with E-state index in [4.69, 9.17) is 0 Å². The predicted molar refractivity (Wildman–Crippen MR) is 55.1 cm³/mol. The molecule has 0 atom stereocenters. The van der Waals surface area contributed by atoms with E-state index in [0.29, 0.717) is 0 Å². The summed E-state index contributed by atoms with van der Waals surface area (Å²) in [5, 5.41) is 2.87. The average molecular weight is 181 g/mol. The minimum Gasteiger partial charge on any atom is -0.196 e. The first-order valence-corrected chi connectivity index (χ1v) is 9.00. The van der Waals surface area contributed by atoms with Crippen LogP contribution in [0.2, 0.25) is 26.2 Å². The van der Waals surface area contributed by atoms with Crippen molar-refractivity contribution >= 4 is 22.9 Å². The number of rotatable bonds is 2. The fraction of sp³-hybridized carbons (Fsp3) is 0.625. The van der Waals surface area contributed by atoms with Crippen molar-refractivity contribution in [2.75, 3.05) is 0 Å². The Kier molecular flexibility index (Phi) is 2.84. The first-order chi connectivity index (χ1) is 5.11. The lowest BCUT2D eigenvalue weighted by Gasteiger charge is -1.85. The third-order valence-electron chi connectivity index (χ3n) is 1.83. The highest BCUT2D eigenvalue weighted by atomic mass is 28.3. The van der Waals surface area contributed by atoms with Gasteiger partial charge < -0.3 is 0 Å². The SMILES string of the molecule is C[Si+](C)C1=CCC([Si+](C)C)=N1. The molecule has 0 radical (unpaired) electrons. The second-order valence-electron chi connectivity index (χ2n) is 3.35. The number of aliphatic imine (C=N–C) groups is 1. The normalized spacial score (nSPS) is 16.0. The molecule has 0 aliphatic carbocycles. The lowest BCUT2D eigenvalue weighted by atomic mass is 10.5. The van der Waals surface area contributed by atoms with Gasteiger partial charge in [-0.05, 0) is 6.08 Å². The first kappa shape index (κ1) is 8.94. The Labute approximate surface area is 72.4 Å². The van der Waals surface area contributed by atoms with Gasteiger partial charge in [-0.15, -0.1) is 0 Å². The van der Waals surface area contributed by atoms with E-state index in [2.05, 4.69) is 37.3 Å².